The highest BCUT2D eigenvalue weighted by Crippen LogP contribution is 2.41. The van der Waals surface area contributed by atoms with Crippen LogP contribution in [0.5, 0.6) is 0 Å². The summed E-state index contributed by atoms with van der Waals surface area (Å²) in [5, 5.41) is 9.13. The van der Waals surface area contributed by atoms with E-state index in [9.17, 15) is 12.8 Å². The minimum Gasteiger partial charge on any atom is -0.313 e. The lowest BCUT2D eigenvalue weighted by atomic mass is 10.2. The smallest absolute Gasteiger partial charge is 0.220 e. The maximum Gasteiger partial charge on any atom is 0.220 e. The van der Waals surface area contributed by atoms with Gasteiger partial charge in [0.05, 0.1) is 16.3 Å². The highest BCUT2D eigenvalue weighted by atomic mass is 79.9. The predicted octanol–water partition coefficient (Wildman–Crippen LogP) is 3.88. The van der Waals surface area contributed by atoms with Crippen LogP contribution in [0.2, 0.25) is 0 Å². The normalized spacial score (nSPS) is 15.7. The molecular weight excluding hydrogens is 371 g/mol. The fourth-order valence-electron chi connectivity index (χ4n) is 2.21. The van der Waals surface area contributed by atoms with Crippen LogP contribution >= 0.6 is 15.9 Å². The minimum atomic E-state index is -4.01. The number of anilines is 2. The Morgan fingerprint density at radius 2 is 1.86 bits per heavy atom. The van der Waals surface area contributed by atoms with Gasteiger partial charge in [-0.05, 0) is 46.3 Å². The van der Waals surface area contributed by atoms with Gasteiger partial charge in [0.15, 0.2) is 4.91 Å². The van der Waals surface area contributed by atoms with Crippen molar-refractivity contribution in [3.63, 3.8) is 0 Å². The van der Waals surface area contributed by atoms with Crippen molar-refractivity contribution >= 4 is 37.1 Å². The van der Waals surface area contributed by atoms with E-state index in [1.807, 2.05) is 6.07 Å². The first-order valence-electron chi connectivity index (χ1n) is 6.15. The molecule has 0 spiro atoms. The Balaban J connectivity index is 2.34. The summed E-state index contributed by atoms with van der Waals surface area (Å²) in [4.78, 5) is 0.905. The molecule has 0 unspecified atom stereocenters. The zero-order chi connectivity index (χ0) is 15.9. The number of fused-ring (bicyclic) bond motifs is 1. The SMILES string of the molecule is N#CC1=CN(c2ccccc2Br)c2ccc(F)cc2S1(=O)=O. The van der Waals surface area contributed by atoms with Gasteiger partial charge in [0.25, 0.3) is 0 Å². The Morgan fingerprint density at radius 3 is 2.55 bits per heavy atom. The average Bonchev–Trinajstić information content (AvgIpc) is 2.49. The third-order valence-electron chi connectivity index (χ3n) is 3.23. The number of hydrogen-bond donors (Lipinski definition) is 0. The molecule has 2 aromatic rings. The monoisotopic (exact) mass is 378 g/mol. The van der Waals surface area contributed by atoms with Crippen molar-refractivity contribution < 1.29 is 12.8 Å². The van der Waals surface area contributed by atoms with E-state index in [0.29, 0.717) is 11.4 Å². The number of allylic oxidation sites excluding steroid dienone is 1. The Morgan fingerprint density at radius 1 is 1.14 bits per heavy atom. The number of sulfone groups is 1. The second-order valence-corrected chi connectivity index (χ2v) is 7.28. The van der Waals surface area contributed by atoms with E-state index < -0.39 is 20.6 Å². The molecule has 3 rings (SSSR count). The van der Waals surface area contributed by atoms with Crippen molar-refractivity contribution in [2.24, 2.45) is 0 Å². The van der Waals surface area contributed by atoms with Crippen LogP contribution in [0.3, 0.4) is 0 Å². The molecule has 7 heteroatoms. The van der Waals surface area contributed by atoms with E-state index in [1.54, 1.807) is 29.2 Å². The lowest BCUT2D eigenvalue weighted by Crippen LogP contribution is -2.21. The van der Waals surface area contributed by atoms with Gasteiger partial charge >= 0.3 is 0 Å². The minimum absolute atomic E-state index is 0.220. The van der Waals surface area contributed by atoms with Crippen LogP contribution in [0.15, 0.2) is 62.9 Å². The van der Waals surface area contributed by atoms with E-state index in [2.05, 4.69) is 15.9 Å². The molecule has 0 atom stereocenters. The van der Waals surface area contributed by atoms with Gasteiger partial charge < -0.3 is 4.90 Å². The predicted molar refractivity (Wildman–Crippen MR) is 83.6 cm³/mol. The maximum atomic E-state index is 13.5. The number of nitrogens with zero attached hydrogens (tertiary/aromatic N) is 2. The molecule has 0 saturated heterocycles. The van der Waals surface area contributed by atoms with Gasteiger partial charge in [0, 0.05) is 10.7 Å². The molecular formula is C15H8BrFN2O2S. The first-order valence-corrected chi connectivity index (χ1v) is 8.43. The summed E-state index contributed by atoms with van der Waals surface area (Å²) in [5.41, 5.74) is 0.949. The molecule has 0 aliphatic carbocycles. The summed E-state index contributed by atoms with van der Waals surface area (Å²) in [6.07, 6.45) is 1.25. The molecule has 0 bridgehead atoms. The zero-order valence-electron chi connectivity index (χ0n) is 11.0. The maximum absolute atomic E-state index is 13.5. The first-order chi connectivity index (χ1) is 10.4. The largest absolute Gasteiger partial charge is 0.313 e. The number of benzene rings is 2. The number of rotatable bonds is 1. The van der Waals surface area contributed by atoms with Crippen LogP contribution in [-0.4, -0.2) is 8.42 Å². The molecule has 110 valence electrons. The molecule has 22 heavy (non-hydrogen) atoms. The number of hydrogen-bond acceptors (Lipinski definition) is 4. The third kappa shape index (κ3) is 2.21. The molecule has 0 radical (unpaired) electrons. The van der Waals surface area contributed by atoms with Crippen molar-refractivity contribution in [2.45, 2.75) is 4.90 Å². The topological polar surface area (TPSA) is 61.2 Å². The highest BCUT2D eigenvalue weighted by Gasteiger charge is 2.32. The standard InChI is InChI=1S/C15H8BrFN2O2S/c16-12-3-1-2-4-13(12)19-9-11(8-18)22(20,21)15-7-10(17)5-6-14(15)19/h1-7,9H. The van der Waals surface area contributed by atoms with E-state index in [1.165, 1.54) is 18.3 Å². The van der Waals surface area contributed by atoms with Gasteiger partial charge in [0.2, 0.25) is 9.84 Å². The second kappa shape index (κ2) is 5.23. The molecule has 0 aromatic heterocycles. The molecule has 1 aliphatic heterocycles. The lowest BCUT2D eigenvalue weighted by molar-refractivity contribution is 0.596. The van der Waals surface area contributed by atoms with Gasteiger partial charge in [-0.15, -0.1) is 0 Å². The van der Waals surface area contributed by atoms with E-state index in [-0.39, 0.29) is 4.90 Å². The van der Waals surface area contributed by atoms with Crippen LogP contribution in [0.25, 0.3) is 0 Å². The Kier molecular flexibility index (Phi) is 3.51. The summed E-state index contributed by atoms with van der Waals surface area (Å²) >= 11 is 3.39. The molecule has 1 aliphatic rings. The van der Waals surface area contributed by atoms with Gasteiger partial charge in [0.1, 0.15) is 11.9 Å². The number of nitriles is 1. The zero-order valence-corrected chi connectivity index (χ0v) is 13.4. The number of para-hydroxylation sites is 1. The second-order valence-electron chi connectivity index (χ2n) is 4.54. The highest BCUT2D eigenvalue weighted by molar-refractivity contribution is 9.10. The number of halogens is 2. The Hall–Kier alpha value is -2.17. The summed E-state index contributed by atoms with van der Waals surface area (Å²) in [5.74, 6) is -0.673. The third-order valence-corrected chi connectivity index (χ3v) is 5.58. The van der Waals surface area contributed by atoms with E-state index in [4.69, 9.17) is 5.26 Å². The van der Waals surface area contributed by atoms with E-state index >= 15 is 0 Å². The summed E-state index contributed by atoms with van der Waals surface area (Å²) < 4.78 is 38.9. The lowest BCUT2D eigenvalue weighted by Gasteiger charge is -2.28. The van der Waals surface area contributed by atoms with Crippen molar-refractivity contribution in [1.29, 1.82) is 5.26 Å². The Labute approximate surface area is 135 Å². The average molecular weight is 379 g/mol. The molecule has 0 N–H and O–H groups in total. The van der Waals surface area contributed by atoms with E-state index in [0.717, 1.165) is 10.5 Å². The van der Waals surface area contributed by atoms with Crippen molar-refractivity contribution in [3.05, 3.63) is 63.9 Å². The molecule has 0 fully saturated rings. The fourth-order valence-corrected chi connectivity index (χ4v) is 4.00. The van der Waals surface area contributed by atoms with Crippen LogP contribution in [-0.2, 0) is 9.84 Å². The quantitative estimate of drug-likeness (QED) is 0.755. The van der Waals surface area contributed by atoms with Crippen LogP contribution in [0, 0.1) is 17.1 Å². The van der Waals surface area contributed by atoms with Crippen LogP contribution in [0.1, 0.15) is 0 Å². The molecule has 2 aromatic carbocycles. The Bertz CT molecular complexity index is 948. The van der Waals surface area contributed by atoms with Crippen molar-refractivity contribution in [3.8, 4) is 6.07 Å². The molecule has 4 nitrogen and oxygen atoms in total. The van der Waals surface area contributed by atoms with Gasteiger partial charge in [-0.2, -0.15) is 5.26 Å². The summed E-state index contributed by atoms with van der Waals surface area (Å²) in [6, 6.07) is 12.3. The molecule has 0 amide bonds. The first kappa shape index (κ1) is 14.8. The van der Waals surface area contributed by atoms with Crippen molar-refractivity contribution in [2.75, 3.05) is 4.90 Å². The summed E-state index contributed by atoms with van der Waals surface area (Å²) in [7, 11) is -4.01. The molecule has 1 heterocycles. The van der Waals surface area contributed by atoms with Gasteiger partial charge in [-0.1, -0.05) is 12.1 Å². The van der Waals surface area contributed by atoms with Crippen LogP contribution < -0.4 is 4.90 Å². The fraction of sp³-hybridized carbons (Fsp3) is 0. The van der Waals surface area contributed by atoms with Gasteiger partial charge in [-0.25, -0.2) is 12.8 Å². The molecule has 0 saturated carbocycles. The summed E-state index contributed by atoms with van der Waals surface area (Å²) in [6.45, 7) is 0. The van der Waals surface area contributed by atoms with Crippen molar-refractivity contribution in [1.82, 2.24) is 0 Å². The van der Waals surface area contributed by atoms with Crippen LogP contribution in [0.4, 0.5) is 15.8 Å². The van der Waals surface area contributed by atoms with Gasteiger partial charge in [-0.3, -0.25) is 0 Å².